The molecule has 3 rings (SSSR count). The Hall–Kier alpha value is -2.63. The zero-order chi connectivity index (χ0) is 19.4. The number of aryl methyl sites for hydroxylation is 2. The van der Waals surface area contributed by atoms with Crippen LogP contribution in [0.2, 0.25) is 0 Å². The number of anilines is 3. The predicted molar refractivity (Wildman–Crippen MR) is 112 cm³/mol. The molecule has 144 valence electrons. The molecule has 27 heavy (non-hydrogen) atoms. The van der Waals surface area contributed by atoms with Crippen molar-refractivity contribution in [3.63, 3.8) is 0 Å². The van der Waals surface area contributed by atoms with Crippen LogP contribution in [0.4, 0.5) is 17.3 Å². The molecule has 0 atom stereocenters. The fourth-order valence-electron chi connectivity index (χ4n) is 3.51. The molecule has 3 heterocycles. The summed E-state index contributed by atoms with van der Waals surface area (Å²) in [6.07, 6.45) is 6.86. The second-order valence-corrected chi connectivity index (χ2v) is 6.96. The molecule has 0 aliphatic rings. The first kappa shape index (κ1) is 19.1. The van der Waals surface area contributed by atoms with Gasteiger partial charge in [0.05, 0.1) is 18.1 Å². The number of nitrogens with one attached hydrogen (secondary N) is 1. The van der Waals surface area contributed by atoms with Gasteiger partial charge in [0.15, 0.2) is 5.65 Å². The molecule has 0 saturated heterocycles. The van der Waals surface area contributed by atoms with Gasteiger partial charge in [0.25, 0.3) is 0 Å². The normalized spacial score (nSPS) is 11.1. The molecule has 0 aromatic carbocycles. The van der Waals surface area contributed by atoms with E-state index in [0.717, 1.165) is 66.6 Å². The van der Waals surface area contributed by atoms with Crippen LogP contribution in [0, 0.1) is 13.8 Å². The van der Waals surface area contributed by atoms with E-state index >= 15 is 0 Å². The van der Waals surface area contributed by atoms with Gasteiger partial charge in [-0.1, -0.05) is 20.8 Å². The van der Waals surface area contributed by atoms with Gasteiger partial charge >= 0.3 is 0 Å². The van der Waals surface area contributed by atoms with Crippen molar-refractivity contribution in [2.75, 3.05) is 23.3 Å². The SMILES string of the molecule is CCCN(CCC)c1c(C)c(Nc2cnc(C)cc2CC)nc2ccnn12. The quantitative estimate of drug-likeness (QED) is 0.627. The second-order valence-electron chi connectivity index (χ2n) is 6.96. The summed E-state index contributed by atoms with van der Waals surface area (Å²) < 4.78 is 1.96. The van der Waals surface area contributed by atoms with Crippen LogP contribution in [0.15, 0.2) is 24.5 Å². The van der Waals surface area contributed by atoms with Crippen molar-refractivity contribution >= 4 is 23.0 Å². The van der Waals surface area contributed by atoms with Crippen LogP contribution in [0.5, 0.6) is 0 Å². The van der Waals surface area contributed by atoms with Crippen LogP contribution in [0.25, 0.3) is 5.65 Å². The maximum absolute atomic E-state index is 4.83. The van der Waals surface area contributed by atoms with E-state index in [2.05, 4.69) is 54.1 Å². The number of aromatic nitrogens is 4. The fraction of sp³-hybridized carbons (Fsp3) is 0.476. The summed E-state index contributed by atoms with van der Waals surface area (Å²) in [5.41, 5.74) is 5.26. The third-order valence-electron chi connectivity index (χ3n) is 4.79. The van der Waals surface area contributed by atoms with E-state index < -0.39 is 0 Å². The smallest absolute Gasteiger partial charge is 0.159 e. The van der Waals surface area contributed by atoms with E-state index in [1.807, 2.05) is 29.9 Å². The van der Waals surface area contributed by atoms with E-state index in [1.54, 1.807) is 0 Å². The highest BCUT2D eigenvalue weighted by Crippen LogP contribution is 2.30. The Morgan fingerprint density at radius 2 is 1.85 bits per heavy atom. The van der Waals surface area contributed by atoms with Crippen molar-refractivity contribution in [3.8, 4) is 0 Å². The van der Waals surface area contributed by atoms with Crippen molar-refractivity contribution < 1.29 is 0 Å². The maximum atomic E-state index is 4.83. The van der Waals surface area contributed by atoms with E-state index in [4.69, 9.17) is 4.98 Å². The Morgan fingerprint density at radius 1 is 1.11 bits per heavy atom. The number of hydrogen-bond donors (Lipinski definition) is 1. The van der Waals surface area contributed by atoms with E-state index in [1.165, 1.54) is 5.56 Å². The van der Waals surface area contributed by atoms with Crippen LogP contribution < -0.4 is 10.2 Å². The van der Waals surface area contributed by atoms with Crippen molar-refractivity contribution in [3.05, 3.63) is 41.3 Å². The zero-order valence-electron chi connectivity index (χ0n) is 17.1. The highest BCUT2D eigenvalue weighted by atomic mass is 15.4. The van der Waals surface area contributed by atoms with Gasteiger partial charge in [-0.3, -0.25) is 4.98 Å². The molecule has 0 aliphatic heterocycles. The van der Waals surface area contributed by atoms with E-state index in [0.29, 0.717) is 0 Å². The zero-order valence-corrected chi connectivity index (χ0v) is 17.1. The molecule has 6 heteroatoms. The van der Waals surface area contributed by atoms with Gasteiger partial charge in [-0.05, 0) is 44.7 Å². The lowest BCUT2D eigenvalue weighted by molar-refractivity contribution is 0.712. The molecule has 3 aromatic rings. The van der Waals surface area contributed by atoms with Gasteiger partial charge in [-0.25, -0.2) is 4.98 Å². The number of rotatable bonds is 8. The van der Waals surface area contributed by atoms with Crippen molar-refractivity contribution in [2.24, 2.45) is 0 Å². The molecule has 0 amide bonds. The lowest BCUT2D eigenvalue weighted by Gasteiger charge is -2.27. The standard InChI is InChI=1S/C21H30N6/c1-6-11-26(12-7-2)21-16(5)20(25-19-9-10-23-27(19)21)24-18-14-22-15(4)13-17(18)8-3/h9-10,13-14H,6-8,11-12H2,1-5H3,(H,24,25). The summed E-state index contributed by atoms with van der Waals surface area (Å²) in [5, 5.41) is 8.07. The molecular formula is C21H30N6. The van der Waals surface area contributed by atoms with Crippen LogP contribution in [-0.4, -0.2) is 32.7 Å². The van der Waals surface area contributed by atoms with Gasteiger partial charge in [0.1, 0.15) is 11.6 Å². The average Bonchev–Trinajstić information content (AvgIpc) is 3.11. The minimum absolute atomic E-state index is 0.855. The first-order valence-corrected chi connectivity index (χ1v) is 9.90. The van der Waals surface area contributed by atoms with Crippen LogP contribution >= 0.6 is 0 Å². The van der Waals surface area contributed by atoms with E-state index in [9.17, 15) is 0 Å². The van der Waals surface area contributed by atoms with Crippen molar-refractivity contribution in [1.82, 2.24) is 19.6 Å². The van der Waals surface area contributed by atoms with Gasteiger partial charge in [-0.15, -0.1) is 0 Å². The summed E-state index contributed by atoms with van der Waals surface area (Å²) in [5.74, 6) is 1.99. The van der Waals surface area contributed by atoms with Gasteiger partial charge in [0, 0.05) is 30.4 Å². The Morgan fingerprint density at radius 3 is 2.52 bits per heavy atom. The molecule has 0 spiro atoms. The maximum Gasteiger partial charge on any atom is 0.159 e. The number of nitrogens with zero attached hydrogens (tertiary/aromatic N) is 5. The Kier molecular flexibility index (Phi) is 5.94. The van der Waals surface area contributed by atoms with Crippen LogP contribution in [0.3, 0.4) is 0 Å². The van der Waals surface area contributed by atoms with Crippen LogP contribution in [-0.2, 0) is 6.42 Å². The summed E-state index contributed by atoms with van der Waals surface area (Å²) in [4.78, 5) is 11.7. The fourth-order valence-corrected chi connectivity index (χ4v) is 3.51. The lowest BCUT2D eigenvalue weighted by atomic mass is 10.1. The Bertz CT molecular complexity index is 908. The first-order valence-electron chi connectivity index (χ1n) is 9.90. The Balaban J connectivity index is 2.10. The third kappa shape index (κ3) is 3.89. The Labute approximate surface area is 161 Å². The van der Waals surface area contributed by atoms with E-state index in [-0.39, 0.29) is 0 Å². The highest BCUT2D eigenvalue weighted by molar-refractivity contribution is 5.70. The summed E-state index contributed by atoms with van der Waals surface area (Å²) in [7, 11) is 0. The summed E-state index contributed by atoms with van der Waals surface area (Å²) in [6, 6.07) is 4.09. The first-order chi connectivity index (χ1) is 13.1. The number of hydrogen-bond acceptors (Lipinski definition) is 5. The second kappa shape index (κ2) is 8.37. The molecule has 3 aromatic heterocycles. The molecular weight excluding hydrogens is 336 g/mol. The largest absolute Gasteiger partial charge is 0.356 e. The average molecular weight is 367 g/mol. The molecule has 0 fully saturated rings. The summed E-state index contributed by atoms with van der Waals surface area (Å²) >= 11 is 0. The minimum Gasteiger partial charge on any atom is -0.356 e. The van der Waals surface area contributed by atoms with Crippen LogP contribution in [0.1, 0.15) is 50.4 Å². The number of pyridine rings is 1. The molecule has 0 bridgehead atoms. The third-order valence-corrected chi connectivity index (χ3v) is 4.79. The lowest BCUT2D eigenvalue weighted by Crippen LogP contribution is -2.28. The molecule has 0 radical (unpaired) electrons. The monoisotopic (exact) mass is 366 g/mol. The molecule has 1 N–H and O–H groups in total. The van der Waals surface area contributed by atoms with Gasteiger partial charge < -0.3 is 10.2 Å². The van der Waals surface area contributed by atoms with Crippen molar-refractivity contribution in [2.45, 2.75) is 53.9 Å². The summed E-state index contributed by atoms with van der Waals surface area (Å²) in [6.45, 7) is 12.7. The molecule has 0 unspecified atom stereocenters. The van der Waals surface area contributed by atoms with Gasteiger partial charge in [-0.2, -0.15) is 9.61 Å². The minimum atomic E-state index is 0.855. The predicted octanol–water partition coefficient (Wildman–Crippen LogP) is 4.67. The highest BCUT2D eigenvalue weighted by Gasteiger charge is 2.18. The molecule has 6 nitrogen and oxygen atoms in total. The number of fused-ring (bicyclic) bond motifs is 1. The van der Waals surface area contributed by atoms with Gasteiger partial charge in [0.2, 0.25) is 0 Å². The van der Waals surface area contributed by atoms with Crippen molar-refractivity contribution in [1.29, 1.82) is 0 Å². The topological polar surface area (TPSA) is 58.3 Å². The molecule has 0 aliphatic carbocycles. The molecule has 0 saturated carbocycles.